The summed E-state index contributed by atoms with van der Waals surface area (Å²) in [5, 5.41) is 21.4. The van der Waals surface area contributed by atoms with Gasteiger partial charge in [-0.25, -0.2) is 4.98 Å². The van der Waals surface area contributed by atoms with Crippen molar-refractivity contribution in [3.05, 3.63) is 48.8 Å². The maximum absolute atomic E-state index is 8.54. The highest BCUT2D eigenvalue weighted by Crippen LogP contribution is 2.11. The van der Waals surface area contributed by atoms with Gasteiger partial charge in [-0.15, -0.1) is 5.10 Å². The second-order valence-corrected chi connectivity index (χ2v) is 3.91. The third kappa shape index (κ3) is 5.26. The minimum atomic E-state index is 0.197. The molecule has 0 aliphatic carbocycles. The van der Waals surface area contributed by atoms with Gasteiger partial charge in [0.05, 0.1) is 5.71 Å². The van der Waals surface area contributed by atoms with Crippen LogP contribution in [0.1, 0.15) is 6.92 Å². The van der Waals surface area contributed by atoms with Gasteiger partial charge in [0, 0.05) is 11.9 Å². The first-order valence-electron chi connectivity index (χ1n) is 6.17. The summed E-state index contributed by atoms with van der Waals surface area (Å²) in [6.45, 7) is 9.36. The number of allylic oxidation sites excluding steroid dienone is 3. The van der Waals surface area contributed by atoms with Crippen LogP contribution < -0.4 is 16.4 Å². The lowest BCUT2D eigenvalue weighted by atomic mass is 10.1. The van der Waals surface area contributed by atoms with Gasteiger partial charge >= 0.3 is 0 Å². The fraction of sp³-hybridized carbons (Fsp3) is 0.0714. The van der Waals surface area contributed by atoms with E-state index in [1.807, 2.05) is 0 Å². The summed E-state index contributed by atoms with van der Waals surface area (Å²) in [5.74, 6) is 0.690. The zero-order valence-corrected chi connectivity index (χ0v) is 12.1. The number of rotatable bonds is 7. The van der Waals surface area contributed by atoms with Crippen LogP contribution in [-0.2, 0) is 0 Å². The Morgan fingerprint density at radius 1 is 1.55 bits per heavy atom. The molecule has 1 rings (SSSR count). The lowest BCUT2D eigenvalue weighted by Gasteiger charge is -2.07. The summed E-state index contributed by atoms with van der Waals surface area (Å²) in [5.41, 5.74) is 7.06. The Morgan fingerprint density at radius 2 is 2.32 bits per heavy atom. The van der Waals surface area contributed by atoms with Gasteiger partial charge in [-0.05, 0) is 24.6 Å². The molecule has 0 saturated carbocycles. The van der Waals surface area contributed by atoms with Crippen LogP contribution in [0.15, 0.2) is 59.0 Å². The Morgan fingerprint density at radius 3 is 2.95 bits per heavy atom. The van der Waals surface area contributed by atoms with Gasteiger partial charge in [-0.2, -0.15) is 15.3 Å². The molecule has 0 amide bonds. The molecule has 0 fully saturated rings. The van der Waals surface area contributed by atoms with Gasteiger partial charge in [-0.3, -0.25) is 5.32 Å². The van der Waals surface area contributed by atoms with Crippen LogP contribution in [0.2, 0.25) is 0 Å². The number of anilines is 2. The smallest absolute Gasteiger partial charge is 0.238 e. The van der Waals surface area contributed by atoms with Crippen molar-refractivity contribution in [2.45, 2.75) is 6.92 Å². The van der Waals surface area contributed by atoms with Crippen LogP contribution in [0.4, 0.5) is 11.8 Å². The van der Waals surface area contributed by atoms with Crippen LogP contribution in [0, 0.1) is 11.5 Å². The monoisotopic (exact) mass is 296 g/mol. The standard InChI is InChI=1S/C14H16N8/c1-4-12(11(3)22-19-9-16)7-10(2)20-13-5-6-17-14(21-13)18-8-15/h4-7,9H,1-2H2,3H3,(H2,16,19)(H2,17,18,20,21)/b12-7+,22-11+. The van der Waals surface area contributed by atoms with Crippen molar-refractivity contribution in [3.8, 4) is 6.19 Å². The molecular formula is C14H16N8. The highest BCUT2D eigenvalue weighted by molar-refractivity contribution is 6.01. The molecule has 8 heteroatoms. The molecule has 1 aromatic heterocycles. The molecule has 1 aromatic rings. The molecule has 0 bridgehead atoms. The number of hydrogen-bond acceptors (Lipinski definition) is 7. The average Bonchev–Trinajstić information content (AvgIpc) is 2.51. The van der Waals surface area contributed by atoms with E-state index in [1.54, 1.807) is 31.3 Å². The third-order valence-corrected chi connectivity index (χ3v) is 2.35. The number of hydrogen-bond donors (Lipinski definition) is 3. The van der Waals surface area contributed by atoms with Crippen LogP contribution in [0.25, 0.3) is 0 Å². The molecule has 0 unspecified atom stereocenters. The number of nitrogens with two attached hydrogens (primary N) is 1. The lowest BCUT2D eigenvalue weighted by molar-refractivity contribution is 1.16. The fourth-order valence-electron chi connectivity index (χ4n) is 1.42. The Kier molecular flexibility index (Phi) is 6.52. The van der Waals surface area contributed by atoms with Crippen molar-refractivity contribution in [2.24, 2.45) is 15.9 Å². The van der Waals surface area contributed by atoms with E-state index in [0.717, 1.165) is 11.9 Å². The van der Waals surface area contributed by atoms with Crippen LogP contribution >= 0.6 is 0 Å². The molecule has 0 radical (unpaired) electrons. The Balaban J connectivity index is 2.88. The summed E-state index contributed by atoms with van der Waals surface area (Å²) < 4.78 is 0. The van der Waals surface area contributed by atoms with E-state index >= 15 is 0 Å². The Bertz CT molecular complexity index is 678. The molecule has 8 nitrogen and oxygen atoms in total. The van der Waals surface area contributed by atoms with Crippen LogP contribution in [-0.4, -0.2) is 22.0 Å². The number of nitrogens with zero attached hydrogens (tertiary/aromatic N) is 5. The normalized spacial score (nSPS) is 11.8. The molecule has 0 aromatic carbocycles. The highest BCUT2D eigenvalue weighted by Gasteiger charge is 2.01. The quantitative estimate of drug-likeness (QED) is 0.176. The number of nitriles is 1. The van der Waals surface area contributed by atoms with Crippen LogP contribution in [0.5, 0.6) is 0 Å². The molecule has 0 spiro atoms. The minimum Gasteiger partial charge on any atom is -0.388 e. The molecule has 0 aliphatic heterocycles. The van der Waals surface area contributed by atoms with Gasteiger partial charge in [-0.1, -0.05) is 19.2 Å². The first-order valence-corrected chi connectivity index (χ1v) is 6.17. The summed E-state index contributed by atoms with van der Waals surface area (Å²) in [4.78, 5) is 7.97. The first-order chi connectivity index (χ1) is 10.6. The molecule has 22 heavy (non-hydrogen) atoms. The minimum absolute atomic E-state index is 0.197. The van der Waals surface area contributed by atoms with E-state index in [9.17, 15) is 0 Å². The summed E-state index contributed by atoms with van der Waals surface area (Å²) in [6, 6.07) is 1.65. The zero-order chi connectivity index (χ0) is 16.4. The average molecular weight is 296 g/mol. The first kappa shape index (κ1) is 16.6. The molecule has 0 aliphatic rings. The highest BCUT2D eigenvalue weighted by atomic mass is 15.2. The van der Waals surface area contributed by atoms with Gasteiger partial charge < -0.3 is 11.1 Å². The molecule has 112 valence electrons. The maximum Gasteiger partial charge on any atom is 0.238 e. The van der Waals surface area contributed by atoms with Gasteiger partial charge in [0.25, 0.3) is 0 Å². The molecule has 4 N–H and O–H groups in total. The maximum atomic E-state index is 8.54. The van der Waals surface area contributed by atoms with Crippen molar-refractivity contribution in [1.82, 2.24) is 9.97 Å². The molecule has 0 saturated heterocycles. The Hall–Kier alpha value is -3.47. The van der Waals surface area contributed by atoms with Crippen molar-refractivity contribution < 1.29 is 0 Å². The summed E-state index contributed by atoms with van der Waals surface area (Å²) in [7, 11) is 0. The van der Waals surface area contributed by atoms with Crippen molar-refractivity contribution in [1.29, 1.82) is 5.26 Å². The Labute approximate surface area is 128 Å². The SMILES string of the molecule is C=CC(=C\C(=C)Nc1ccnc(NC#N)n1)/C(C)=N/N=C\N. The third-order valence-electron chi connectivity index (χ3n) is 2.35. The predicted octanol–water partition coefficient (Wildman–Crippen LogP) is 1.77. The largest absolute Gasteiger partial charge is 0.388 e. The number of aromatic nitrogens is 2. The fourth-order valence-corrected chi connectivity index (χ4v) is 1.42. The van der Waals surface area contributed by atoms with Crippen molar-refractivity contribution in [2.75, 3.05) is 10.6 Å². The second kappa shape index (κ2) is 8.65. The van der Waals surface area contributed by atoms with E-state index in [2.05, 4.69) is 44.0 Å². The molecule has 0 atom stereocenters. The topological polar surface area (TPSA) is 124 Å². The summed E-state index contributed by atoms with van der Waals surface area (Å²) >= 11 is 0. The van der Waals surface area contributed by atoms with Gasteiger partial charge in [0.2, 0.25) is 5.95 Å². The van der Waals surface area contributed by atoms with Crippen LogP contribution in [0.3, 0.4) is 0 Å². The van der Waals surface area contributed by atoms with E-state index in [1.165, 1.54) is 6.20 Å². The van der Waals surface area contributed by atoms with Gasteiger partial charge in [0.1, 0.15) is 12.2 Å². The summed E-state index contributed by atoms with van der Waals surface area (Å²) in [6.07, 6.45) is 7.73. The van der Waals surface area contributed by atoms with Crippen molar-refractivity contribution in [3.63, 3.8) is 0 Å². The second-order valence-electron chi connectivity index (χ2n) is 3.91. The molecule has 1 heterocycles. The van der Waals surface area contributed by atoms with E-state index in [0.29, 0.717) is 17.2 Å². The zero-order valence-electron chi connectivity index (χ0n) is 12.1. The van der Waals surface area contributed by atoms with Crippen molar-refractivity contribution >= 4 is 23.8 Å². The predicted molar refractivity (Wildman–Crippen MR) is 88.1 cm³/mol. The lowest BCUT2D eigenvalue weighted by Crippen LogP contribution is -2.03. The van der Waals surface area contributed by atoms with Gasteiger partial charge in [0.15, 0.2) is 6.19 Å². The van der Waals surface area contributed by atoms with E-state index in [4.69, 9.17) is 11.0 Å². The van der Waals surface area contributed by atoms with E-state index < -0.39 is 0 Å². The molecular weight excluding hydrogens is 280 g/mol. The number of nitrogens with one attached hydrogen (secondary N) is 2. The van der Waals surface area contributed by atoms with E-state index in [-0.39, 0.29) is 5.95 Å².